The molecule has 1 aliphatic carbocycles. The summed E-state index contributed by atoms with van der Waals surface area (Å²) in [5.74, 6) is -2.02. The van der Waals surface area contributed by atoms with Gasteiger partial charge in [-0.2, -0.15) is 0 Å². The number of carboxylic acid groups (broad SMARTS) is 1. The van der Waals surface area contributed by atoms with Gasteiger partial charge in [-0.1, -0.05) is 25.0 Å². The predicted octanol–water partition coefficient (Wildman–Crippen LogP) is 2.90. The van der Waals surface area contributed by atoms with Crippen molar-refractivity contribution in [2.75, 3.05) is 0 Å². The molecule has 1 aromatic rings. The number of halogens is 1. The van der Waals surface area contributed by atoms with Crippen LogP contribution in [0.3, 0.4) is 0 Å². The van der Waals surface area contributed by atoms with E-state index in [4.69, 9.17) is 0 Å². The molecule has 0 aromatic heterocycles. The molecular weight excluding hydrogens is 273 g/mol. The molecule has 5 heteroatoms. The maximum Gasteiger partial charge on any atom is 0.311 e. The number of hydrogen-bond donors (Lipinski definition) is 2. The SMILES string of the molecule is Cc1cccc(C(=O)NC2CCCCC2(C)C(=O)O)c1F. The first-order valence-corrected chi connectivity index (χ1v) is 7.15. The maximum absolute atomic E-state index is 14.0. The Labute approximate surface area is 123 Å². The van der Waals surface area contributed by atoms with E-state index in [0.717, 1.165) is 12.8 Å². The largest absolute Gasteiger partial charge is 0.481 e. The number of carboxylic acids is 1. The summed E-state index contributed by atoms with van der Waals surface area (Å²) >= 11 is 0. The normalized spacial score (nSPS) is 25.4. The number of hydrogen-bond acceptors (Lipinski definition) is 2. The summed E-state index contributed by atoms with van der Waals surface area (Å²) in [5.41, 5.74) is -0.630. The highest BCUT2D eigenvalue weighted by atomic mass is 19.1. The molecule has 0 aliphatic heterocycles. The number of carbonyl (C=O) groups excluding carboxylic acids is 1. The third-order valence-electron chi connectivity index (χ3n) is 4.44. The van der Waals surface area contributed by atoms with Gasteiger partial charge in [0.1, 0.15) is 5.82 Å². The van der Waals surface area contributed by atoms with Crippen LogP contribution in [0.4, 0.5) is 4.39 Å². The van der Waals surface area contributed by atoms with Gasteiger partial charge in [0.2, 0.25) is 0 Å². The van der Waals surface area contributed by atoms with Crippen LogP contribution in [0.1, 0.15) is 48.5 Å². The number of aliphatic carboxylic acids is 1. The van der Waals surface area contributed by atoms with E-state index in [0.29, 0.717) is 18.4 Å². The van der Waals surface area contributed by atoms with E-state index < -0.39 is 29.2 Å². The third-order valence-corrected chi connectivity index (χ3v) is 4.44. The summed E-state index contributed by atoms with van der Waals surface area (Å²) in [6.45, 7) is 3.24. The van der Waals surface area contributed by atoms with Crippen LogP contribution >= 0.6 is 0 Å². The van der Waals surface area contributed by atoms with E-state index in [9.17, 15) is 19.1 Å². The predicted molar refractivity (Wildman–Crippen MR) is 76.6 cm³/mol. The van der Waals surface area contributed by atoms with E-state index in [1.54, 1.807) is 26.0 Å². The fraction of sp³-hybridized carbons (Fsp3) is 0.500. The van der Waals surface area contributed by atoms with Crippen molar-refractivity contribution in [3.05, 3.63) is 35.1 Å². The van der Waals surface area contributed by atoms with Gasteiger partial charge in [-0.15, -0.1) is 0 Å². The molecule has 2 N–H and O–H groups in total. The molecule has 0 saturated heterocycles. The van der Waals surface area contributed by atoms with Crippen molar-refractivity contribution in [2.45, 2.75) is 45.6 Å². The highest BCUT2D eigenvalue weighted by Crippen LogP contribution is 2.36. The minimum atomic E-state index is -0.992. The van der Waals surface area contributed by atoms with Gasteiger partial charge in [0.25, 0.3) is 5.91 Å². The van der Waals surface area contributed by atoms with Crippen molar-refractivity contribution in [3.8, 4) is 0 Å². The van der Waals surface area contributed by atoms with Crippen LogP contribution in [0, 0.1) is 18.2 Å². The quantitative estimate of drug-likeness (QED) is 0.900. The molecule has 2 atom stereocenters. The zero-order chi connectivity index (χ0) is 15.6. The number of aryl methyl sites for hydroxylation is 1. The van der Waals surface area contributed by atoms with Crippen LogP contribution in [-0.4, -0.2) is 23.0 Å². The molecule has 1 amide bonds. The van der Waals surface area contributed by atoms with Crippen molar-refractivity contribution in [2.24, 2.45) is 5.41 Å². The number of rotatable bonds is 3. The average molecular weight is 293 g/mol. The van der Waals surface area contributed by atoms with Crippen molar-refractivity contribution in [3.63, 3.8) is 0 Å². The summed E-state index contributed by atoms with van der Waals surface area (Å²) in [6.07, 6.45) is 2.81. The van der Waals surface area contributed by atoms with Crippen LogP contribution in [0.15, 0.2) is 18.2 Å². The molecule has 2 rings (SSSR count). The molecule has 1 aromatic carbocycles. The Hall–Kier alpha value is -1.91. The van der Waals surface area contributed by atoms with Gasteiger partial charge < -0.3 is 10.4 Å². The molecule has 0 spiro atoms. The molecule has 0 heterocycles. The molecule has 21 heavy (non-hydrogen) atoms. The molecule has 1 aliphatic rings. The first-order chi connectivity index (χ1) is 9.86. The zero-order valence-electron chi connectivity index (χ0n) is 12.3. The minimum Gasteiger partial charge on any atom is -0.481 e. The maximum atomic E-state index is 14.0. The minimum absolute atomic E-state index is 0.0340. The fourth-order valence-corrected chi connectivity index (χ4v) is 2.88. The van der Waals surface area contributed by atoms with E-state index in [2.05, 4.69) is 5.32 Å². The molecule has 2 unspecified atom stereocenters. The fourth-order valence-electron chi connectivity index (χ4n) is 2.88. The van der Waals surface area contributed by atoms with Crippen molar-refractivity contribution in [1.29, 1.82) is 0 Å². The lowest BCUT2D eigenvalue weighted by Crippen LogP contribution is -2.52. The number of nitrogens with one attached hydrogen (secondary N) is 1. The van der Waals surface area contributed by atoms with Gasteiger partial charge in [-0.25, -0.2) is 4.39 Å². The van der Waals surface area contributed by atoms with Crippen LogP contribution < -0.4 is 5.32 Å². The molecule has 114 valence electrons. The Morgan fingerprint density at radius 3 is 2.76 bits per heavy atom. The molecule has 0 bridgehead atoms. The smallest absolute Gasteiger partial charge is 0.311 e. The second-order valence-corrected chi connectivity index (χ2v) is 5.93. The first kappa shape index (κ1) is 15.5. The Balaban J connectivity index is 2.21. The highest BCUT2D eigenvalue weighted by molar-refractivity contribution is 5.95. The topological polar surface area (TPSA) is 66.4 Å². The van der Waals surface area contributed by atoms with Crippen molar-refractivity contribution >= 4 is 11.9 Å². The Morgan fingerprint density at radius 1 is 1.38 bits per heavy atom. The van der Waals surface area contributed by atoms with E-state index in [-0.39, 0.29) is 5.56 Å². The second-order valence-electron chi connectivity index (χ2n) is 5.93. The molecule has 1 saturated carbocycles. The van der Waals surface area contributed by atoms with E-state index in [1.165, 1.54) is 6.07 Å². The van der Waals surface area contributed by atoms with E-state index in [1.807, 2.05) is 0 Å². The van der Waals surface area contributed by atoms with Crippen molar-refractivity contribution in [1.82, 2.24) is 5.32 Å². The van der Waals surface area contributed by atoms with Gasteiger partial charge in [-0.3, -0.25) is 9.59 Å². The van der Waals surface area contributed by atoms with Gasteiger partial charge in [0.05, 0.1) is 11.0 Å². The lowest BCUT2D eigenvalue weighted by Gasteiger charge is -2.38. The van der Waals surface area contributed by atoms with Crippen LogP contribution in [0.25, 0.3) is 0 Å². The molecular formula is C16H20FNO3. The number of benzene rings is 1. The summed E-state index contributed by atoms with van der Waals surface area (Å²) < 4.78 is 14.0. The van der Waals surface area contributed by atoms with Crippen LogP contribution in [-0.2, 0) is 4.79 Å². The summed E-state index contributed by atoms with van der Waals surface area (Å²) in [7, 11) is 0. The third kappa shape index (κ3) is 2.91. The first-order valence-electron chi connectivity index (χ1n) is 7.15. The molecule has 1 fully saturated rings. The summed E-state index contributed by atoms with van der Waals surface area (Å²) in [5, 5.41) is 12.1. The zero-order valence-corrected chi connectivity index (χ0v) is 12.3. The van der Waals surface area contributed by atoms with Gasteiger partial charge in [-0.05, 0) is 38.3 Å². The monoisotopic (exact) mass is 293 g/mol. The number of carbonyl (C=O) groups is 2. The molecule has 4 nitrogen and oxygen atoms in total. The van der Waals surface area contributed by atoms with Crippen LogP contribution in [0.5, 0.6) is 0 Å². The van der Waals surface area contributed by atoms with Crippen LogP contribution in [0.2, 0.25) is 0 Å². The van der Waals surface area contributed by atoms with Crippen molar-refractivity contribution < 1.29 is 19.1 Å². The van der Waals surface area contributed by atoms with E-state index >= 15 is 0 Å². The average Bonchev–Trinajstić information content (AvgIpc) is 2.44. The molecule has 0 radical (unpaired) electrons. The Morgan fingerprint density at radius 2 is 2.10 bits per heavy atom. The number of amides is 1. The lowest BCUT2D eigenvalue weighted by molar-refractivity contribution is -0.151. The lowest BCUT2D eigenvalue weighted by atomic mass is 9.71. The van der Waals surface area contributed by atoms with Gasteiger partial charge >= 0.3 is 5.97 Å². The van der Waals surface area contributed by atoms with Gasteiger partial charge in [0, 0.05) is 6.04 Å². The Kier molecular flexibility index (Phi) is 4.30. The van der Waals surface area contributed by atoms with Gasteiger partial charge in [0.15, 0.2) is 0 Å². The Bertz CT molecular complexity index is 573. The highest BCUT2D eigenvalue weighted by Gasteiger charge is 2.44. The second kappa shape index (κ2) is 5.84. The summed E-state index contributed by atoms with van der Waals surface area (Å²) in [6, 6.07) is 4.15. The standard InChI is InChI=1S/C16H20FNO3/c1-10-6-5-7-11(13(10)17)14(19)18-12-8-3-4-9-16(12,2)15(20)21/h5-7,12H,3-4,8-9H2,1-2H3,(H,18,19)(H,20,21). The summed E-state index contributed by atoms with van der Waals surface area (Å²) in [4.78, 5) is 23.8.